The van der Waals surface area contributed by atoms with Crippen molar-refractivity contribution in [3.05, 3.63) is 81.8 Å². The van der Waals surface area contributed by atoms with Gasteiger partial charge in [0.1, 0.15) is 25.6 Å². The van der Waals surface area contributed by atoms with Gasteiger partial charge in [-0.2, -0.15) is 0 Å². The monoisotopic (exact) mass is 415 g/mol. The maximum Gasteiger partial charge on any atom is 0.163 e. The number of para-hydroxylation sites is 1. The van der Waals surface area contributed by atoms with Crippen molar-refractivity contribution in [1.29, 1.82) is 0 Å². The van der Waals surface area contributed by atoms with Gasteiger partial charge in [0.2, 0.25) is 0 Å². The van der Waals surface area contributed by atoms with Gasteiger partial charge >= 0.3 is 0 Å². The number of anilines is 1. The zero-order chi connectivity index (χ0) is 19.3. The molecule has 0 saturated carbocycles. The van der Waals surface area contributed by atoms with Gasteiger partial charge in [0, 0.05) is 23.9 Å². The van der Waals surface area contributed by atoms with Gasteiger partial charge in [-0.25, -0.2) is 0 Å². The molecule has 0 fully saturated rings. The van der Waals surface area contributed by atoms with Gasteiger partial charge in [0.25, 0.3) is 0 Å². The van der Waals surface area contributed by atoms with Crippen LogP contribution in [0.15, 0.2) is 60.7 Å². The molecule has 0 amide bonds. The third-order valence-corrected chi connectivity index (χ3v) is 5.12. The van der Waals surface area contributed by atoms with E-state index < -0.39 is 0 Å². The third kappa shape index (κ3) is 4.46. The quantitative estimate of drug-likeness (QED) is 0.539. The lowest BCUT2D eigenvalue weighted by Gasteiger charge is -2.19. The molecule has 0 spiro atoms. The lowest BCUT2D eigenvalue weighted by atomic mass is 10.2. The summed E-state index contributed by atoms with van der Waals surface area (Å²) in [4.78, 5) is 0. The first kappa shape index (κ1) is 18.8. The van der Waals surface area contributed by atoms with Crippen LogP contribution in [-0.4, -0.2) is 13.2 Å². The molecule has 1 aliphatic heterocycles. The molecule has 4 rings (SSSR count). The minimum Gasteiger partial charge on any atom is -0.489 e. The highest BCUT2D eigenvalue weighted by molar-refractivity contribution is 6.42. The van der Waals surface area contributed by atoms with Crippen molar-refractivity contribution in [3.63, 3.8) is 0 Å². The van der Waals surface area contributed by atoms with E-state index in [0.717, 1.165) is 34.1 Å². The molecule has 4 nitrogen and oxygen atoms in total. The van der Waals surface area contributed by atoms with Gasteiger partial charge in [0.05, 0.1) is 10.0 Å². The second kappa shape index (κ2) is 8.63. The Hall–Kier alpha value is -2.56. The number of ether oxygens (including phenoxy) is 3. The van der Waals surface area contributed by atoms with Crippen LogP contribution in [0, 0.1) is 0 Å². The number of halogens is 2. The second-order valence-electron chi connectivity index (χ2n) is 6.36. The van der Waals surface area contributed by atoms with E-state index in [-0.39, 0.29) is 0 Å². The summed E-state index contributed by atoms with van der Waals surface area (Å²) in [6, 6.07) is 19.3. The Kier molecular flexibility index (Phi) is 5.79. The van der Waals surface area contributed by atoms with E-state index in [0.29, 0.717) is 36.4 Å². The van der Waals surface area contributed by atoms with Crippen LogP contribution in [0.25, 0.3) is 0 Å². The molecule has 1 aliphatic rings. The minimum atomic E-state index is 0.415. The van der Waals surface area contributed by atoms with Crippen molar-refractivity contribution in [2.24, 2.45) is 0 Å². The molecule has 0 saturated heterocycles. The molecule has 6 heteroatoms. The molecule has 0 unspecified atom stereocenters. The van der Waals surface area contributed by atoms with Crippen LogP contribution in [-0.2, 0) is 13.2 Å². The average molecular weight is 416 g/mol. The van der Waals surface area contributed by atoms with Crippen molar-refractivity contribution in [2.75, 3.05) is 18.5 Å². The Morgan fingerprint density at radius 1 is 0.857 bits per heavy atom. The highest BCUT2D eigenvalue weighted by Gasteiger charge is 2.12. The minimum absolute atomic E-state index is 0.415. The predicted octanol–water partition coefficient (Wildman–Crippen LogP) is 5.96. The van der Waals surface area contributed by atoms with E-state index in [1.807, 2.05) is 54.6 Å². The van der Waals surface area contributed by atoms with Gasteiger partial charge in [-0.05, 0) is 35.9 Å². The maximum absolute atomic E-state index is 6.08. The van der Waals surface area contributed by atoms with Gasteiger partial charge < -0.3 is 19.5 Å². The van der Waals surface area contributed by atoms with Crippen molar-refractivity contribution >= 4 is 28.9 Å². The van der Waals surface area contributed by atoms with E-state index in [4.69, 9.17) is 37.4 Å². The van der Waals surface area contributed by atoms with Crippen LogP contribution >= 0.6 is 23.2 Å². The normalized spacial score (nSPS) is 12.5. The second-order valence-corrected chi connectivity index (χ2v) is 7.17. The summed E-state index contributed by atoms with van der Waals surface area (Å²) >= 11 is 12.0. The molecule has 3 aromatic carbocycles. The SMILES string of the molecule is Clc1ccc(COc2ccccc2CNc2ccc3c(c2)OCCO3)cc1Cl. The number of nitrogens with one attached hydrogen (secondary N) is 1. The summed E-state index contributed by atoms with van der Waals surface area (Å²) in [6.07, 6.45) is 0. The fourth-order valence-electron chi connectivity index (χ4n) is 2.93. The highest BCUT2D eigenvalue weighted by atomic mass is 35.5. The molecular weight excluding hydrogens is 397 g/mol. The summed E-state index contributed by atoms with van der Waals surface area (Å²) in [5, 5.41) is 4.47. The number of hydrogen-bond acceptors (Lipinski definition) is 4. The lowest BCUT2D eigenvalue weighted by molar-refractivity contribution is 0.171. The molecule has 1 N–H and O–H groups in total. The maximum atomic E-state index is 6.08. The Bertz CT molecular complexity index is 978. The standard InChI is InChI=1S/C22H19Cl2NO3/c23-18-7-5-15(11-19(18)24)14-28-20-4-2-1-3-16(20)13-25-17-6-8-21-22(12-17)27-10-9-26-21/h1-8,11-12,25H,9-10,13-14H2. The van der Waals surface area contributed by atoms with Crippen molar-refractivity contribution in [3.8, 4) is 17.2 Å². The van der Waals surface area contributed by atoms with Crippen molar-refractivity contribution < 1.29 is 14.2 Å². The molecule has 144 valence electrons. The molecular formula is C22H19Cl2NO3. The lowest BCUT2D eigenvalue weighted by Crippen LogP contribution is -2.15. The molecule has 0 atom stereocenters. The van der Waals surface area contributed by atoms with Crippen molar-refractivity contribution in [1.82, 2.24) is 0 Å². The van der Waals surface area contributed by atoms with Gasteiger partial charge in [-0.15, -0.1) is 0 Å². The average Bonchev–Trinajstić information content (AvgIpc) is 2.73. The number of hydrogen-bond donors (Lipinski definition) is 1. The summed E-state index contributed by atoms with van der Waals surface area (Å²) in [6.45, 7) is 2.19. The number of benzene rings is 3. The van der Waals surface area contributed by atoms with E-state index in [1.165, 1.54) is 0 Å². The van der Waals surface area contributed by atoms with Crippen LogP contribution in [0.5, 0.6) is 17.2 Å². The van der Waals surface area contributed by atoms with Crippen LogP contribution in [0.1, 0.15) is 11.1 Å². The zero-order valence-corrected chi connectivity index (χ0v) is 16.6. The summed E-state index contributed by atoms with van der Waals surface area (Å²) < 4.78 is 17.2. The van der Waals surface area contributed by atoms with Crippen molar-refractivity contribution in [2.45, 2.75) is 13.2 Å². The highest BCUT2D eigenvalue weighted by Crippen LogP contribution is 2.33. The summed E-state index contributed by atoms with van der Waals surface area (Å²) in [5.74, 6) is 2.36. The molecule has 0 aromatic heterocycles. The molecule has 3 aromatic rings. The first-order valence-electron chi connectivity index (χ1n) is 8.97. The fourth-order valence-corrected chi connectivity index (χ4v) is 3.25. The number of rotatable bonds is 6. The first-order chi connectivity index (χ1) is 13.7. The topological polar surface area (TPSA) is 39.7 Å². The van der Waals surface area contributed by atoms with Crippen LogP contribution in [0.2, 0.25) is 10.0 Å². The van der Waals surface area contributed by atoms with E-state index in [9.17, 15) is 0 Å². The largest absolute Gasteiger partial charge is 0.489 e. The van der Waals surface area contributed by atoms with E-state index in [1.54, 1.807) is 6.07 Å². The molecule has 0 bridgehead atoms. The van der Waals surface area contributed by atoms with Crippen LogP contribution < -0.4 is 19.5 Å². The summed E-state index contributed by atoms with van der Waals surface area (Å²) in [5.41, 5.74) is 2.98. The molecule has 0 aliphatic carbocycles. The van der Waals surface area contributed by atoms with E-state index in [2.05, 4.69) is 5.32 Å². The Morgan fingerprint density at radius 3 is 2.54 bits per heavy atom. The predicted molar refractivity (Wildman–Crippen MR) is 112 cm³/mol. The molecule has 0 radical (unpaired) electrons. The molecule has 28 heavy (non-hydrogen) atoms. The third-order valence-electron chi connectivity index (χ3n) is 4.38. The van der Waals surface area contributed by atoms with Crippen LogP contribution in [0.3, 0.4) is 0 Å². The van der Waals surface area contributed by atoms with E-state index >= 15 is 0 Å². The summed E-state index contributed by atoms with van der Waals surface area (Å²) in [7, 11) is 0. The smallest absolute Gasteiger partial charge is 0.163 e. The zero-order valence-electron chi connectivity index (χ0n) is 15.1. The Balaban J connectivity index is 1.42. The van der Waals surface area contributed by atoms with Gasteiger partial charge in [-0.3, -0.25) is 0 Å². The number of fused-ring (bicyclic) bond motifs is 1. The fraction of sp³-hybridized carbons (Fsp3) is 0.182. The van der Waals surface area contributed by atoms with Gasteiger partial charge in [0.15, 0.2) is 11.5 Å². The Morgan fingerprint density at radius 2 is 1.68 bits per heavy atom. The van der Waals surface area contributed by atoms with Gasteiger partial charge in [-0.1, -0.05) is 47.5 Å². The van der Waals surface area contributed by atoms with Crippen LogP contribution in [0.4, 0.5) is 5.69 Å². The molecule has 1 heterocycles. The first-order valence-corrected chi connectivity index (χ1v) is 9.73. The Labute approximate surface area is 173 Å².